The van der Waals surface area contributed by atoms with E-state index in [1.165, 1.54) is 0 Å². The maximum absolute atomic E-state index is 11.8. The fourth-order valence-corrected chi connectivity index (χ4v) is 2.14. The average molecular weight is 264 g/mol. The molecule has 1 amide bonds. The Hall–Kier alpha value is -2.11. The first-order valence-electron chi connectivity index (χ1n) is 6.21. The molecule has 1 fully saturated rings. The molecular weight excluding hydrogens is 248 g/mol. The number of carbonyl (C=O) groups is 2. The quantitative estimate of drug-likeness (QED) is 0.874. The Balaban J connectivity index is 2.03. The van der Waals surface area contributed by atoms with Crippen molar-refractivity contribution in [1.29, 1.82) is 0 Å². The molecule has 102 valence electrons. The van der Waals surface area contributed by atoms with Crippen LogP contribution in [0.4, 0.5) is 4.79 Å². The highest BCUT2D eigenvalue weighted by atomic mass is 16.6. The number of carbonyl (C=O) groups excluding carboxylic acids is 1. The number of carboxylic acids is 1. The zero-order valence-electron chi connectivity index (χ0n) is 10.5. The van der Waals surface area contributed by atoms with Gasteiger partial charge < -0.3 is 14.7 Å². The Bertz CT molecular complexity index is 449. The molecule has 6 nitrogen and oxygen atoms in total. The summed E-state index contributed by atoms with van der Waals surface area (Å²) >= 11 is 0. The van der Waals surface area contributed by atoms with E-state index in [2.05, 4.69) is 4.98 Å². The molecule has 6 heteroatoms. The van der Waals surface area contributed by atoms with Gasteiger partial charge in [0.25, 0.3) is 0 Å². The van der Waals surface area contributed by atoms with Crippen LogP contribution in [0.25, 0.3) is 0 Å². The van der Waals surface area contributed by atoms with Crippen molar-refractivity contribution >= 4 is 12.1 Å². The lowest BCUT2D eigenvalue weighted by atomic mass is 10.0. The number of carboxylic acid groups (broad SMARTS) is 1. The number of cyclic esters (lactones) is 1. The van der Waals surface area contributed by atoms with Crippen LogP contribution < -0.4 is 0 Å². The van der Waals surface area contributed by atoms with Crippen molar-refractivity contribution in [3.05, 3.63) is 30.1 Å². The van der Waals surface area contributed by atoms with E-state index in [0.29, 0.717) is 26.0 Å². The summed E-state index contributed by atoms with van der Waals surface area (Å²) < 4.78 is 5.02. The van der Waals surface area contributed by atoms with Crippen molar-refractivity contribution in [3.8, 4) is 0 Å². The van der Waals surface area contributed by atoms with E-state index in [1.807, 2.05) is 6.07 Å². The highest BCUT2D eigenvalue weighted by molar-refractivity contribution is 5.69. The van der Waals surface area contributed by atoms with Gasteiger partial charge in [0, 0.05) is 31.3 Å². The van der Waals surface area contributed by atoms with Crippen LogP contribution in [0.1, 0.15) is 24.8 Å². The molecule has 1 aliphatic rings. The lowest BCUT2D eigenvalue weighted by Crippen LogP contribution is -2.45. The molecule has 2 rings (SSSR count). The van der Waals surface area contributed by atoms with Crippen molar-refractivity contribution < 1.29 is 19.4 Å². The van der Waals surface area contributed by atoms with Gasteiger partial charge in [0.05, 0.1) is 13.2 Å². The van der Waals surface area contributed by atoms with E-state index >= 15 is 0 Å². The zero-order chi connectivity index (χ0) is 13.7. The normalized spacial score (nSPS) is 19.1. The number of rotatable bonds is 5. The molecule has 1 atom stereocenters. The molecule has 0 spiro atoms. The second-order valence-electron chi connectivity index (χ2n) is 4.48. The molecule has 1 aliphatic heterocycles. The van der Waals surface area contributed by atoms with E-state index in [4.69, 9.17) is 9.84 Å². The van der Waals surface area contributed by atoms with E-state index in [-0.39, 0.29) is 18.6 Å². The molecule has 0 aliphatic carbocycles. The van der Waals surface area contributed by atoms with E-state index in [1.54, 1.807) is 23.4 Å². The Kier molecular flexibility index (Phi) is 4.33. The van der Waals surface area contributed by atoms with Crippen LogP contribution in [0.15, 0.2) is 24.5 Å². The topological polar surface area (TPSA) is 79.7 Å². The third kappa shape index (κ3) is 3.67. The van der Waals surface area contributed by atoms with Crippen molar-refractivity contribution in [2.75, 3.05) is 6.61 Å². The van der Waals surface area contributed by atoms with Crippen LogP contribution in [0.3, 0.4) is 0 Å². The Morgan fingerprint density at radius 1 is 1.58 bits per heavy atom. The summed E-state index contributed by atoms with van der Waals surface area (Å²) in [6.45, 7) is 0.754. The number of hydrogen-bond donors (Lipinski definition) is 1. The van der Waals surface area contributed by atoms with Crippen LogP contribution in [0, 0.1) is 0 Å². The molecule has 0 radical (unpaired) electrons. The summed E-state index contributed by atoms with van der Waals surface area (Å²) in [6.07, 6.45) is 4.15. The number of amides is 1. The highest BCUT2D eigenvalue weighted by Crippen LogP contribution is 2.20. The predicted octanol–water partition coefficient (Wildman–Crippen LogP) is 1.66. The fourth-order valence-electron chi connectivity index (χ4n) is 2.14. The SMILES string of the molecule is O=C(O)CCC1CCOC(=O)N1Cc1cccnc1. The van der Waals surface area contributed by atoms with Gasteiger partial charge in [0.2, 0.25) is 0 Å². The van der Waals surface area contributed by atoms with Crippen LogP contribution in [0.2, 0.25) is 0 Å². The summed E-state index contributed by atoms with van der Waals surface area (Å²) in [6, 6.07) is 3.59. The number of hydrogen-bond acceptors (Lipinski definition) is 4. The molecule has 1 saturated heterocycles. The summed E-state index contributed by atoms with van der Waals surface area (Å²) in [7, 11) is 0. The summed E-state index contributed by atoms with van der Waals surface area (Å²) in [4.78, 5) is 28.0. The van der Waals surface area contributed by atoms with Crippen molar-refractivity contribution in [2.45, 2.75) is 31.8 Å². The molecule has 0 saturated carbocycles. The maximum atomic E-state index is 11.8. The molecule has 1 unspecified atom stereocenters. The summed E-state index contributed by atoms with van der Waals surface area (Å²) in [5, 5.41) is 8.74. The molecular formula is C13H16N2O4. The fraction of sp³-hybridized carbons (Fsp3) is 0.462. The van der Waals surface area contributed by atoms with Crippen LogP contribution in [-0.2, 0) is 16.1 Å². The van der Waals surface area contributed by atoms with Gasteiger partial charge in [-0.2, -0.15) is 0 Å². The zero-order valence-corrected chi connectivity index (χ0v) is 10.5. The van der Waals surface area contributed by atoms with E-state index in [0.717, 1.165) is 5.56 Å². The first-order valence-corrected chi connectivity index (χ1v) is 6.21. The third-order valence-electron chi connectivity index (χ3n) is 3.12. The second kappa shape index (κ2) is 6.17. The third-order valence-corrected chi connectivity index (χ3v) is 3.12. The van der Waals surface area contributed by atoms with Crippen LogP contribution >= 0.6 is 0 Å². The predicted molar refractivity (Wildman–Crippen MR) is 66.4 cm³/mol. The van der Waals surface area contributed by atoms with E-state index < -0.39 is 5.97 Å². The molecule has 2 heterocycles. The van der Waals surface area contributed by atoms with Crippen molar-refractivity contribution in [3.63, 3.8) is 0 Å². The highest BCUT2D eigenvalue weighted by Gasteiger charge is 2.29. The maximum Gasteiger partial charge on any atom is 0.410 e. The minimum absolute atomic E-state index is 0.0570. The number of aromatic nitrogens is 1. The lowest BCUT2D eigenvalue weighted by Gasteiger charge is -2.34. The molecule has 0 aromatic carbocycles. The molecule has 19 heavy (non-hydrogen) atoms. The summed E-state index contributed by atoms with van der Waals surface area (Å²) in [5.74, 6) is -0.847. The number of ether oxygens (including phenoxy) is 1. The molecule has 1 aromatic heterocycles. The Morgan fingerprint density at radius 2 is 2.42 bits per heavy atom. The van der Waals surface area contributed by atoms with Gasteiger partial charge in [-0.05, 0) is 18.1 Å². The van der Waals surface area contributed by atoms with Gasteiger partial charge >= 0.3 is 12.1 Å². The molecule has 1 aromatic rings. The summed E-state index contributed by atoms with van der Waals surface area (Å²) in [5.41, 5.74) is 0.904. The molecule has 0 bridgehead atoms. The lowest BCUT2D eigenvalue weighted by molar-refractivity contribution is -0.137. The Labute approximate surface area is 111 Å². The number of aliphatic carboxylic acids is 1. The average Bonchev–Trinajstić information content (AvgIpc) is 2.40. The minimum Gasteiger partial charge on any atom is -0.481 e. The van der Waals surface area contributed by atoms with Crippen LogP contribution in [-0.4, -0.2) is 39.7 Å². The van der Waals surface area contributed by atoms with Crippen molar-refractivity contribution in [1.82, 2.24) is 9.88 Å². The smallest absolute Gasteiger partial charge is 0.410 e. The molecule has 1 N–H and O–H groups in total. The largest absolute Gasteiger partial charge is 0.481 e. The van der Waals surface area contributed by atoms with Crippen molar-refractivity contribution in [2.24, 2.45) is 0 Å². The minimum atomic E-state index is -0.847. The number of pyridine rings is 1. The van der Waals surface area contributed by atoms with Gasteiger partial charge in [-0.25, -0.2) is 4.79 Å². The first-order chi connectivity index (χ1) is 9.16. The van der Waals surface area contributed by atoms with Gasteiger partial charge in [-0.3, -0.25) is 9.78 Å². The number of nitrogens with zero attached hydrogens (tertiary/aromatic N) is 2. The monoisotopic (exact) mass is 264 g/mol. The Morgan fingerprint density at radius 3 is 3.11 bits per heavy atom. The van der Waals surface area contributed by atoms with Gasteiger partial charge in [0.1, 0.15) is 0 Å². The van der Waals surface area contributed by atoms with E-state index in [9.17, 15) is 9.59 Å². The first kappa shape index (κ1) is 13.3. The second-order valence-corrected chi connectivity index (χ2v) is 4.48. The van der Waals surface area contributed by atoms with Gasteiger partial charge in [0.15, 0.2) is 0 Å². The van der Waals surface area contributed by atoms with Gasteiger partial charge in [-0.15, -0.1) is 0 Å². The standard InChI is InChI=1S/C13H16N2O4/c16-12(17)4-3-11-5-7-19-13(18)15(11)9-10-2-1-6-14-8-10/h1-2,6,8,11H,3-5,7,9H2,(H,16,17). The van der Waals surface area contributed by atoms with Gasteiger partial charge in [-0.1, -0.05) is 6.07 Å². The van der Waals surface area contributed by atoms with Crippen LogP contribution in [0.5, 0.6) is 0 Å².